The maximum Gasteiger partial charge on any atom is 0.338 e. The van der Waals surface area contributed by atoms with E-state index in [4.69, 9.17) is 27.2 Å². The lowest BCUT2D eigenvalue weighted by molar-refractivity contribution is 0.0493. The van der Waals surface area contributed by atoms with Gasteiger partial charge in [-0.15, -0.1) is 0 Å². The number of hydrogen-bond acceptors (Lipinski definition) is 5. The van der Waals surface area contributed by atoms with Crippen LogP contribution < -0.4 is 10.7 Å². The highest BCUT2D eigenvalue weighted by molar-refractivity contribution is 6.33. The van der Waals surface area contributed by atoms with Gasteiger partial charge in [0.1, 0.15) is 6.61 Å². The molecule has 4 aliphatic rings. The molecular formula is C37H34ClN3O2. The van der Waals surface area contributed by atoms with Gasteiger partial charge in [-0.1, -0.05) is 79.0 Å². The summed E-state index contributed by atoms with van der Waals surface area (Å²) in [5.41, 5.74) is 16.6. The van der Waals surface area contributed by atoms with Crippen LogP contribution in [0.1, 0.15) is 70.6 Å². The van der Waals surface area contributed by atoms with Crippen molar-refractivity contribution in [2.45, 2.75) is 50.5 Å². The number of carbonyl (C=O) groups excluding carboxylic acids is 1. The molecule has 43 heavy (non-hydrogen) atoms. The number of nitrogens with two attached hydrogens (primary N) is 1. The molecule has 0 amide bonds. The predicted octanol–water partition coefficient (Wildman–Crippen LogP) is 8.24. The molecule has 1 aliphatic heterocycles. The molecule has 6 heteroatoms. The van der Waals surface area contributed by atoms with E-state index in [0.29, 0.717) is 40.8 Å². The van der Waals surface area contributed by atoms with E-state index >= 15 is 0 Å². The van der Waals surface area contributed by atoms with E-state index in [2.05, 4.69) is 59.6 Å². The Hall–Kier alpha value is -4.09. The second-order valence-corrected chi connectivity index (χ2v) is 12.8. The fourth-order valence-electron chi connectivity index (χ4n) is 8.04. The van der Waals surface area contributed by atoms with Gasteiger partial charge in [0.15, 0.2) is 0 Å². The van der Waals surface area contributed by atoms with E-state index in [0.717, 1.165) is 29.8 Å². The molecule has 0 bridgehead atoms. The Morgan fingerprint density at radius 2 is 1.60 bits per heavy atom. The number of fused-ring (bicyclic) bond motifs is 6. The van der Waals surface area contributed by atoms with Crippen molar-refractivity contribution >= 4 is 34.7 Å². The van der Waals surface area contributed by atoms with Crippen LogP contribution in [0.15, 0.2) is 90.0 Å². The molecule has 0 radical (unpaired) electrons. The number of nitrogens with zero attached hydrogens (tertiary/aromatic N) is 2. The highest BCUT2D eigenvalue weighted by Crippen LogP contribution is 2.46. The highest BCUT2D eigenvalue weighted by atomic mass is 35.5. The Bertz CT molecular complexity index is 1730. The lowest BCUT2D eigenvalue weighted by Gasteiger charge is -2.34. The standard InChI is InChI=1S/C37H34ClN3O2/c38-33-20-25(15-18-34(33)39)41-36(22-7-1-2-8-22)31-17-13-23-19-24(14-16-26(23)35(31)40-41)37(42)43-21-32-29-11-5-3-9-27(29)28-10-4-6-12-30(28)32/h3-6,9-12,14-16,18-20,22,31-32,36H,1-2,7-8,13,17,21,39H2. The zero-order chi connectivity index (χ0) is 29.1. The Morgan fingerprint density at radius 3 is 2.33 bits per heavy atom. The second kappa shape index (κ2) is 10.6. The van der Waals surface area contributed by atoms with E-state index in [1.165, 1.54) is 53.5 Å². The zero-order valence-electron chi connectivity index (χ0n) is 24.0. The molecule has 2 N–H and O–H groups in total. The number of rotatable bonds is 5. The minimum absolute atomic E-state index is 0.0444. The van der Waals surface area contributed by atoms with Crippen molar-refractivity contribution in [3.63, 3.8) is 0 Å². The Labute approximate surface area is 257 Å². The molecule has 0 aromatic heterocycles. The number of nitrogen functional groups attached to an aromatic ring is 1. The highest BCUT2D eigenvalue weighted by Gasteiger charge is 2.45. The van der Waals surface area contributed by atoms with Crippen molar-refractivity contribution in [1.82, 2.24) is 0 Å². The first kappa shape index (κ1) is 26.5. The third-order valence-corrected chi connectivity index (χ3v) is 10.4. The SMILES string of the molecule is Nc1ccc(N2N=C3c4ccc(C(=O)OCC5c6ccccc6-c6ccccc65)cc4CCC3C2C2CCCC2)cc1Cl. The van der Waals surface area contributed by atoms with Crippen LogP contribution in [0.25, 0.3) is 11.1 Å². The third-order valence-electron chi connectivity index (χ3n) is 10.1. The minimum atomic E-state index is -0.276. The summed E-state index contributed by atoms with van der Waals surface area (Å²) < 4.78 is 5.98. The van der Waals surface area contributed by atoms with Crippen molar-refractivity contribution in [1.29, 1.82) is 0 Å². The van der Waals surface area contributed by atoms with Crippen LogP contribution in [0, 0.1) is 11.8 Å². The average molecular weight is 588 g/mol. The van der Waals surface area contributed by atoms with Crippen molar-refractivity contribution in [3.8, 4) is 11.1 Å². The topological polar surface area (TPSA) is 67.9 Å². The summed E-state index contributed by atoms with van der Waals surface area (Å²) in [5.74, 6) is 0.724. The number of aryl methyl sites for hydroxylation is 1. The summed E-state index contributed by atoms with van der Waals surface area (Å²) in [6.07, 6.45) is 6.95. The van der Waals surface area contributed by atoms with Gasteiger partial charge in [0, 0.05) is 17.4 Å². The van der Waals surface area contributed by atoms with E-state index in [1.54, 1.807) is 0 Å². The van der Waals surface area contributed by atoms with E-state index in [9.17, 15) is 4.79 Å². The Balaban J connectivity index is 1.06. The van der Waals surface area contributed by atoms with Crippen molar-refractivity contribution in [2.75, 3.05) is 17.3 Å². The molecule has 216 valence electrons. The molecular weight excluding hydrogens is 554 g/mol. The normalized spacial score (nSPS) is 20.8. The minimum Gasteiger partial charge on any atom is -0.461 e. The molecule has 0 spiro atoms. The molecule has 1 fully saturated rings. The van der Waals surface area contributed by atoms with E-state index in [-0.39, 0.29) is 11.9 Å². The van der Waals surface area contributed by atoms with Crippen molar-refractivity contribution in [2.24, 2.45) is 16.9 Å². The van der Waals surface area contributed by atoms with Crippen LogP contribution in [-0.2, 0) is 11.2 Å². The number of ether oxygens (including phenoxy) is 1. The first-order valence-electron chi connectivity index (χ1n) is 15.5. The van der Waals surface area contributed by atoms with Crippen LogP contribution >= 0.6 is 11.6 Å². The summed E-state index contributed by atoms with van der Waals surface area (Å²) in [5, 5.41) is 8.04. The third kappa shape index (κ3) is 4.44. The molecule has 4 aromatic rings. The molecule has 2 unspecified atom stereocenters. The van der Waals surface area contributed by atoms with Gasteiger partial charge in [0.2, 0.25) is 0 Å². The molecule has 4 aromatic carbocycles. The van der Waals surface area contributed by atoms with Crippen LogP contribution in [0.5, 0.6) is 0 Å². The second-order valence-electron chi connectivity index (χ2n) is 12.4. The van der Waals surface area contributed by atoms with Crippen LogP contribution in [-0.4, -0.2) is 24.3 Å². The summed E-state index contributed by atoms with van der Waals surface area (Å²) >= 11 is 6.45. The van der Waals surface area contributed by atoms with Crippen LogP contribution in [0.2, 0.25) is 5.02 Å². The summed E-state index contributed by atoms with van der Waals surface area (Å²) in [7, 11) is 0. The molecule has 3 aliphatic carbocycles. The predicted molar refractivity (Wildman–Crippen MR) is 173 cm³/mol. The first-order valence-corrected chi connectivity index (χ1v) is 15.9. The van der Waals surface area contributed by atoms with Gasteiger partial charge in [0.25, 0.3) is 0 Å². The molecule has 5 nitrogen and oxygen atoms in total. The first-order chi connectivity index (χ1) is 21.1. The number of carbonyl (C=O) groups is 1. The van der Waals surface area contributed by atoms with Crippen molar-refractivity contribution in [3.05, 3.63) is 118 Å². The van der Waals surface area contributed by atoms with E-state index < -0.39 is 0 Å². The fourth-order valence-corrected chi connectivity index (χ4v) is 8.21. The number of hydrazone groups is 1. The van der Waals surface area contributed by atoms with Crippen molar-refractivity contribution < 1.29 is 9.53 Å². The van der Waals surface area contributed by atoms with Gasteiger partial charge in [-0.25, -0.2) is 4.79 Å². The van der Waals surface area contributed by atoms with Gasteiger partial charge >= 0.3 is 5.97 Å². The maximum absolute atomic E-state index is 13.4. The molecule has 8 rings (SSSR count). The van der Waals surface area contributed by atoms with Crippen LogP contribution in [0.4, 0.5) is 11.4 Å². The lowest BCUT2D eigenvalue weighted by Crippen LogP contribution is -2.40. The van der Waals surface area contributed by atoms with Gasteiger partial charge < -0.3 is 10.5 Å². The Kier molecular flexibility index (Phi) is 6.52. The number of anilines is 2. The maximum atomic E-state index is 13.4. The van der Waals surface area contributed by atoms with E-state index in [1.807, 2.05) is 30.3 Å². The largest absolute Gasteiger partial charge is 0.461 e. The molecule has 1 heterocycles. The molecule has 2 atom stereocenters. The summed E-state index contributed by atoms with van der Waals surface area (Å²) in [6, 6.07) is 29.0. The van der Waals surface area contributed by atoms with Gasteiger partial charge in [-0.05, 0) is 89.8 Å². The summed E-state index contributed by atoms with van der Waals surface area (Å²) in [4.78, 5) is 13.4. The number of esters is 1. The molecule has 1 saturated carbocycles. The monoisotopic (exact) mass is 587 g/mol. The summed E-state index contributed by atoms with van der Waals surface area (Å²) in [6.45, 7) is 0.320. The van der Waals surface area contributed by atoms with Gasteiger partial charge in [-0.3, -0.25) is 5.01 Å². The number of benzene rings is 4. The average Bonchev–Trinajstić information content (AvgIpc) is 3.77. The van der Waals surface area contributed by atoms with Gasteiger partial charge in [-0.2, -0.15) is 5.10 Å². The van der Waals surface area contributed by atoms with Gasteiger partial charge in [0.05, 0.1) is 33.7 Å². The fraction of sp³-hybridized carbons (Fsp3) is 0.297. The molecule has 0 saturated heterocycles. The number of halogens is 1. The Morgan fingerprint density at radius 1 is 0.884 bits per heavy atom. The number of hydrogen-bond donors (Lipinski definition) is 1. The smallest absolute Gasteiger partial charge is 0.338 e. The van der Waals surface area contributed by atoms with Crippen LogP contribution in [0.3, 0.4) is 0 Å². The zero-order valence-corrected chi connectivity index (χ0v) is 24.8. The quantitative estimate of drug-likeness (QED) is 0.189. The lowest BCUT2D eigenvalue weighted by atomic mass is 9.75.